The first-order valence-corrected chi connectivity index (χ1v) is 5.75. The van der Waals surface area contributed by atoms with Gasteiger partial charge in [0.25, 0.3) is 0 Å². The molecule has 0 aliphatic heterocycles. The summed E-state index contributed by atoms with van der Waals surface area (Å²) in [5.41, 5.74) is 5.96. The molecule has 1 N–H and O–H groups in total. The molecule has 2 nitrogen and oxygen atoms in total. The Balaban J connectivity index is 2.10. The van der Waals surface area contributed by atoms with Crippen molar-refractivity contribution in [2.45, 2.75) is 6.92 Å². The molecule has 2 rings (SSSR count). The van der Waals surface area contributed by atoms with Crippen molar-refractivity contribution in [2.24, 2.45) is 5.10 Å². The molecule has 0 aliphatic rings. The van der Waals surface area contributed by atoms with Crippen LogP contribution in [0.4, 0.5) is 5.69 Å². The summed E-state index contributed by atoms with van der Waals surface area (Å²) in [6, 6.07) is 17.5. The first-order chi connectivity index (χ1) is 8.25. The molecule has 0 bridgehead atoms. The molecule has 0 atom stereocenters. The van der Waals surface area contributed by atoms with Gasteiger partial charge in [-0.3, -0.25) is 5.43 Å². The molecule has 0 saturated carbocycles. The van der Waals surface area contributed by atoms with Gasteiger partial charge in [0.15, 0.2) is 0 Å². The normalized spacial score (nSPS) is 11.3. The van der Waals surface area contributed by atoms with E-state index >= 15 is 0 Å². The van der Waals surface area contributed by atoms with E-state index in [4.69, 9.17) is 11.6 Å². The molecule has 0 spiro atoms. The standard InChI is InChI=1S/C14H13ClN2/c1-11(12-7-9-13(15)10-8-12)16-17-14-5-3-2-4-6-14/h2-10,17H,1H3. The average molecular weight is 245 g/mol. The predicted octanol–water partition coefficient (Wildman–Crippen LogP) is 4.18. The van der Waals surface area contributed by atoms with Crippen molar-refractivity contribution in [1.82, 2.24) is 0 Å². The Hall–Kier alpha value is -1.80. The van der Waals surface area contributed by atoms with Gasteiger partial charge in [-0.15, -0.1) is 0 Å². The number of halogens is 1. The number of nitrogens with one attached hydrogen (secondary N) is 1. The number of benzene rings is 2. The van der Waals surface area contributed by atoms with E-state index in [1.807, 2.05) is 61.5 Å². The van der Waals surface area contributed by atoms with Crippen LogP contribution in [0.15, 0.2) is 59.7 Å². The molecule has 86 valence electrons. The van der Waals surface area contributed by atoms with Crippen LogP contribution < -0.4 is 5.43 Å². The topological polar surface area (TPSA) is 24.4 Å². The second-order valence-corrected chi connectivity index (χ2v) is 4.12. The fraction of sp³-hybridized carbons (Fsp3) is 0.0714. The molecule has 2 aromatic rings. The summed E-state index contributed by atoms with van der Waals surface area (Å²) in [6.07, 6.45) is 0. The first-order valence-electron chi connectivity index (χ1n) is 5.37. The van der Waals surface area contributed by atoms with Crippen molar-refractivity contribution in [3.05, 3.63) is 65.2 Å². The molecule has 2 aromatic carbocycles. The molecule has 0 amide bonds. The Morgan fingerprint density at radius 3 is 2.29 bits per heavy atom. The van der Waals surface area contributed by atoms with Crippen molar-refractivity contribution in [3.8, 4) is 0 Å². The fourth-order valence-corrected chi connectivity index (χ4v) is 1.54. The van der Waals surface area contributed by atoms with Crippen molar-refractivity contribution >= 4 is 23.0 Å². The molecule has 0 fully saturated rings. The second-order valence-electron chi connectivity index (χ2n) is 3.68. The minimum Gasteiger partial charge on any atom is -0.278 e. The average Bonchev–Trinajstić information content (AvgIpc) is 2.38. The summed E-state index contributed by atoms with van der Waals surface area (Å²) in [4.78, 5) is 0. The van der Waals surface area contributed by atoms with Crippen LogP contribution in [0.3, 0.4) is 0 Å². The van der Waals surface area contributed by atoms with Crippen LogP contribution in [0.1, 0.15) is 12.5 Å². The van der Waals surface area contributed by atoms with E-state index in [0.29, 0.717) is 0 Å². The molecule has 0 saturated heterocycles. The quantitative estimate of drug-likeness (QED) is 0.636. The van der Waals surface area contributed by atoms with Crippen molar-refractivity contribution in [2.75, 3.05) is 5.43 Å². The number of hydrazone groups is 1. The third kappa shape index (κ3) is 3.33. The van der Waals surface area contributed by atoms with Crippen LogP contribution in [0.25, 0.3) is 0 Å². The van der Waals surface area contributed by atoms with Gasteiger partial charge >= 0.3 is 0 Å². The number of rotatable bonds is 3. The van der Waals surface area contributed by atoms with E-state index in [9.17, 15) is 0 Å². The van der Waals surface area contributed by atoms with E-state index in [-0.39, 0.29) is 0 Å². The Morgan fingerprint density at radius 2 is 1.65 bits per heavy atom. The largest absolute Gasteiger partial charge is 0.278 e. The maximum absolute atomic E-state index is 5.83. The highest BCUT2D eigenvalue weighted by atomic mass is 35.5. The van der Waals surface area contributed by atoms with Gasteiger partial charge < -0.3 is 0 Å². The SMILES string of the molecule is CC(=NNc1ccccc1)c1ccc(Cl)cc1. The van der Waals surface area contributed by atoms with E-state index in [1.54, 1.807) is 0 Å². The zero-order valence-electron chi connectivity index (χ0n) is 9.52. The summed E-state index contributed by atoms with van der Waals surface area (Å²) in [7, 11) is 0. The molecular weight excluding hydrogens is 232 g/mol. The number of para-hydroxylation sites is 1. The molecule has 0 radical (unpaired) electrons. The van der Waals surface area contributed by atoms with Gasteiger partial charge in [0.1, 0.15) is 0 Å². The molecule has 0 aromatic heterocycles. The number of hydrogen-bond acceptors (Lipinski definition) is 2. The Morgan fingerprint density at radius 1 is 1.00 bits per heavy atom. The van der Waals surface area contributed by atoms with Gasteiger partial charge in [0.05, 0.1) is 11.4 Å². The number of anilines is 1. The third-order valence-corrected chi connectivity index (χ3v) is 2.64. The summed E-state index contributed by atoms with van der Waals surface area (Å²) in [6.45, 7) is 1.96. The summed E-state index contributed by atoms with van der Waals surface area (Å²) < 4.78 is 0. The summed E-state index contributed by atoms with van der Waals surface area (Å²) in [5, 5.41) is 5.05. The predicted molar refractivity (Wildman–Crippen MR) is 73.7 cm³/mol. The lowest BCUT2D eigenvalue weighted by Gasteiger charge is -2.03. The fourth-order valence-electron chi connectivity index (χ4n) is 1.42. The highest BCUT2D eigenvalue weighted by Gasteiger charge is 1.97. The van der Waals surface area contributed by atoms with E-state index in [1.165, 1.54) is 0 Å². The van der Waals surface area contributed by atoms with Gasteiger partial charge in [-0.05, 0) is 36.8 Å². The molecule has 0 aliphatic carbocycles. The molecule has 3 heteroatoms. The highest BCUT2D eigenvalue weighted by molar-refractivity contribution is 6.30. The lowest BCUT2D eigenvalue weighted by molar-refractivity contribution is 1.32. The minimum absolute atomic E-state index is 0.734. The van der Waals surface area contributed by atoms with Gasteiger partial charge in [0, 0.05) is 5.02 Å². The third-order valence-electron chi connectivity index (χ3n) is 2.39. The van der Waals surface area contributed by atoms with Crippen LogP contribution in [-0.2, 0) is 0 Å². The lowest BCUT2D eigenvalue weighted by Crippen LogP contribution is -1.99. The summed E-state index contributed by atoms with van der Waals surface area (Å²) in [5.74, 6) is 0. The van der Waals surface area contributed by atoms with Gasteiger partial charge in [0.2, 0.25) is 0 Å². The molecule has 0 heterocycles. The molecular formula is C14H13ClN2. The maximum atomic E-state index is 5.83. The van der Waals surface area contributed by atoms with Crippen LogP contribution in [0, 0.1) is 0 Å². The zero-order valence-corrected chi connectivity index (χ0v) is 10.3. The van der Waals surface area contributed by atoms with Crippen molar-refractivity contribution < 1.29 is 0 Å². The van der Waals surface area contributed by atoms with Crippen LogP contribution in [-0.4, -0.2) is 5.71 Å². The Labute approximate surface area is 106 Å². The van der Waals surface area contributed by atoms with Crippen LogP contribution in [0.5, 0.6) is 0 Å². The van der Waals surface area contributed by atoms with Gasteiger partial charge in [-0.2, -0.15) is 5.10 Å². The van der Waals surface area contributed by atoms with E-state index in [2.05, 4.69) is 10.5 Å². The van der Waals surface area contributed by atoms with Gasteiger partial charge in [-0.25, -0.2) is 0 Å². The maximum Gasteiger partial charge on any atom is 0.0648 e. The first kappa shape index (κ1) is 11.7. The zero-order chi connectivity index (χ0) is 12.1. The summed E-state index contributed by atoms with van der Waals surface area (Å²) >= 11 is 5.83. The van der Waals surface area contributed by atoms with Crippen LogP contribution >= 0.6 is 11.6 Å². The minimum atomic E-state index is 0.734. The molecule has 0 unspecified atom stereocenters. The number of nitrogens with zero attached hydrogens (tertiary/aromatic N) is 1. The van der Waals surface area contributed by atoms with Crippen molar-refractivity contribution in [3.63, 3.8) is 0 Å². The second kappa shape index (κ2) is 5.51. The Bertz CT molecular complexity index is 504. The van der Waals surface area contributed by atoms with E-state index in [0.717, 1.165) is 22.0 Å². The monoisotopic (exact) mass is 244 g/mol. The molecule has 17 heavy (non-hydrogen) atoms. The number of hydrogen-bond donors (Lipinski definition) is 1. The van der Waals surface area contributed by atoms with Gasteiger partial charge in [-0.1, -0.05) is 41.9 Å². The van der Waals surface area contributed by atoms with E-state index < -0.39 is 0 Å². The lowest BCUT2D eigenvalue weighted by atomic mass is 10.1. The van der Waals surface area contributed by atoms with Crippen LogP contribution in [0.2, 0.25) is 5.02 Å². The smallest absolute Gasteiger partial charge is 0.0648 e. The van der Waals surface area contributed by atoms with Crippen molar-refractivity contribution in [1.29, 1.82) is 0 Å². The Kier molecular flexibility index (Phi) is 3.78. The highest BCUT2D eigenvalue weighted by Crippen LogP contribution is 2.11.